The number of esters is 1. The Hall–Kier alpha value is -0.560. The summed E-state index contributed by atoms with van der Waals surface area (Å²) in [6.45, 7) is 1.74. The molecule has 1 aromatic rings. The highest BCUT2D eigenvalue weighted by Gasteiger charge is 2.24. The molecular weight excluding hydrogens is 364 g/mol. The van der Waals surface area contributed by atoms with Crippen molar-refractivity contribution in [2.24, 2.45) is 0 Å². The second-order valence-corrected chi connectivity index (χ2v) is 4.38. The topological polar surface area (TPSA) is 39.2 Å². The molecule has 1 heterocycles. The highest BCUT2D eigenvalue weighted by Crippen LogP contribution is 2.29. The van der Waals surface area contributed by atoms with Crippen LogP contribution in [0.5, 0.6) is 0 Å². The van der Waals surface area contributed by atoms with E-state index in [0.29, 0.717) is 0 Å². The lowest BCUT2D eigenvalue weighted by atomic mass is 10.1. The number of halogens is 4. The van der Waals surface area contributed by atoms with E-state index in [0.717, 1.165) is 6.07 Å². The Morgan fingerprint density at radius 1 is 1.59 bits per heavy atom. The number of carbonyl (C=O) groups is 1. The van der Waals surface area contributed by atoms with Crippen molar-refractivity contribution in [3.63, 3.8) is 0 Å². The maximum atomic E-state index is 12.9. The van der Waals surface area contributed by atoms with Gasteiger partial charge >= 0.3 is 5.97 Å². The Morgan fingerprint density at radius 3 is 2.71 bits per heavy atom. The molecule has 3 nitrogen and oxygen atoms in total. The Morgan fingerprint density at radius 2 is 2.24 bits per heavy atom. The maximum absolute atomic E-state index is 12.9. The smallest absolute Gasteiger partial charge is 0.340 e. The van der Waals surface area contributed by atoms with Crippen LogP contribution in [0.25, 0.3) is 0 Å². The van der Waals surface area contributed by atoms with Crippen molar-refractivity contribution in [1.82, 2.24) is 4.98 Å². The highest BCUT2D eigenvalue weighted by atomic mass is 79.9. The van der Waals surface area contributed by atoms with Crippen LogP contribution in [0.1, 0.15) is 35.0 Å². The highest BCUT2D eigenvalue weighted by molar-refractivity contribution is 9.10. The van der Waals surface area contributed by atoms with E-state index in [1.807, 2.05) is 0 Å². The molecule has 0 aliphatic carbocycles. The van der Waals surface area contributed by atoms with E-state index >= 15 is 0 Å². The lowest BCUT2D eigenvalue weighted by Gasteiger charge is -2.12. The summed E-state index contributed by atoms with van der Waals surface area (Å²) in [4.78, 5) is 15.6. The van der Waals surface area contributed by atoms with Crippen molar-refractivity contribution < 1.29 is 18.3 Å². The van der Waals surface area contributed by atoms with Crippen LogP contribution < -0.4 is 0 Å². The Balaban J connectivity index is 3.36. The summed E-state index contributed by atoms with van der Waals surface area (Å²) in [6, 6.07) is 1.13. The van der Waals surface area contributed by atoms with E-state index in [2.05, 4.69) is 36.8 Å². The third kappa shape index (κ3) is 3.45. The first-order valence-electron chi connectivity index (χ1n) is 4.71. The predicted octanol–water partition coefficient (Wildman–Crippen LogP) is 3.85. The molecule has 17 heavy (non-hydrogen) atoms. The van der Waals surface area contributed by atoms with Crippen molar-refractivity contribution in [1.29, 1.82) is 0 Å². The zero-order valence-corrected chi connectivity index (χ0v) is 12.0. The number of hydrogen-bond donors (Lipinski definition) is 0. The molecule has 0 amide bonds. The fourth-order valence-corrected chi connectivity index (χ4v) is 2.16. The first kappa shape index (κ1) is 14.5. The number of rotatable bonds is 4. The quantitative estimate of drug-likeness (QED) is 0.457. The van der Waals surface area contributed by atoms with Gasteiger partial charge in [-0.1, -0.05) is 15.9 Å². The van der Waals surface area contributed by atoms with Crippen LogP contribution in [-0.4, -0.2) is 17.6 Å². The van der Waals surface area contributed by atoms with Crippen LogP contribution in [0, 0.1) is 0 Å². The van der Waals surface area contributed by atoms with E-state index in [1.54, 1.807) is 6.92 Å². The molecular formula is C10H9Br2F2NO2. The van der Waals surface area contributed by atoms with Gasteiger partial charge in [-0.3, -0.25) is 0 Å². The summed E-state index contributed by atoms with van der Waals surface area (Å²) >= 11 is 6.14. The number of alkyl halides is 3. The second kappa shape index (κ2) is 6.39. The minimum atomic E-state index is -2.76. The van der Waals surface area contributed by atoms with Gasteiger partial charge in [0.15, 0.2) is 0 Å². The third-order valence-electron chi connectivity index (χ3n) is 1.93. The van der Waals surface area contributed by atoms with Gasteiger partial charge in [0, 0.05) is 10.9 Å². The van der Waals surface area contributed by atoms with Gasteiger partial charge < -0.3 is 4.74 Å². The maximum Gasteiger partial charge on any atom is 0.340 e. The number of hydrogen-bond acceptors (Lipinski definition) is 3. The number of ether oxygens (including phenoxy) is 1. The Bertz CT molecular complexity index is 427. The number of carbonyl (C=O) groups excluding carboxylic acids is 1. The van der Waals surface area contributed by atoms with Gasteiger partial charge in [-0.05, 0) is 28.9 Å². The number of aromatic nitrogens is 1. The fraction of sp³-hybridized carbons (Fsp3) is 0.400. The van der Waals surface area contributed by atoms with Gasteiger partial charge in [-0.2, -0.15) is 0 Å². The fourth-order valence-electron chi connectivity index (χ4n) is 1.29. The van der Waals surface area contributed by atoms with E-state index in [1.165, 1.54) is 0 Å². The van der Waals surface area contributed by atoms with Crippen LogP contribution >= 0.6 is 31.9 Å². The Kier molecular flexibility index (Phi) is 5.45. The zero-order chi connectivity index (χ0) is 13.0. The summed E-state index contributed by atoms with van der Waals surface area (Å²) in [5.74, 6) is -0.780. The summed E-state index contributed by atoms with van der Waals surface area (Å²) in [5.41, 5.74) is -0.310. The standard InChI is InChI=1S/C10H9Br2F2NO2/c1-2-17-10(16)8-5(9(13)14)3-7(12)15-6(8)4-11/h3,9H,2,4H2,1H3. The van der Waals surface area contributed by atoms with Gasteiger partial charge in [0.05, 0.1) is 17.9 Å². The molecule has 0 atom stereocenters. The van der Waals surface area contributed by atoms with E-state index in [9.17, 15) is 13.6 Å². The molecule has 1 rings (SSSR count). The molecule has 0 spiro atoms. The summed E-state index contributed by atoms with van der Waals surface area (Å²) < 4.78 is 30.7. The van der Waals surface area contributed by atoms with Crippen molar-refractivity contribution in [3.05, 3.63) is 27.5 Å². The summed E-state index contributed by atoms with van der Waals surface area (Å²) in [6.07, 6.45) is -2.76. The third-order valence-corrected chi connectivity index (χ3v) is 2.87. The van der Waals surface area contributed by atoms with Gasteiger partial charge in [0.1, 0.15) is 4.60 Å². The number of nitrogens with zero attached hydrogens (tertiary/aromatic N) is 1. The average Bonchev–Trinajstić information content (AvgIpc) is 2.27. The molecule has 7 heteroatoms. The molecule has 0 N–H and O–H groups in total. The van der Waals surface area contributed by atoms with Crippen LogP contribution in [0.2, 0.25) is 0 Å². The Labute approximate surface area is 114 Å². The molecule has 0 bridgehead atoms. The zero-order valence-electron chi connectivity index (χ0n) is 8.84. The lowest BCUT2D eigenvalue weighted by Crippen LogP contribution is -2.13. The van der Waals surface area contributed by atoms with Gasteiger partial charge in [0.2, 0.25) is 0 Å². The van der Waals surface area contributed by atoms with Crippen LogP contribution in [0.3, 0.4) is 0 Å². The van der Waals surface area contributed by atoms with Gasteiger partial charge in [0.25, 0.3) is 6.43 Å². The van der Waals surface area contributed by atoms with Crippen molar-refractivity contribution in [2.75, 3.05) is 6.61 Å². The molecule has 0 unspecified atom stereocenters. The minimum absolute atomic E-state index is 0.124. The molecule has 94 valence electrons. The monoisotopic (exact) mass is 371 g/mol. The molecule has 0 aliphatic rings. The largest absolute Gasteiger partial charge is 0.462 e. The molecule has 0 fully saturated rings. The average molecular weight is 373 g/mol. The van der Waals surface area contributed by atoms with E-state index in [4.69, 9.17) is 4.74 Å². The molecule has 0 saturated heterocycles. The predicted molar refractivity (Wildman–Crippen MR) is 65.5 cm³/mol. The normalized spacial score (nSPS) is 10.7. The van der Waals surface area contributed by atoms with Crippen molar-refractivity contribution in [3.8, 4) is 0 Å². The van der Waals surface area contributed by atoms with E-state index in [-0.39, 0.29) is 33.4 Å². The first-order chi connectivity index (χ1) is 8.01. The molecule has 0 aromatic carbocycles. The minimum Gasteiger partial charge on any atom is -0.462 e. The van der Waals surface area contributed by atoms with Gasteiger partial charge in [-0.15, -0.1) is 0 Å². The molecule has 0 aliphatic heterocycles. The SMILES string of the molecule is CCOC(=O)c1c(C(F)F)cc(Br)nc1CBr. The molecule has 0 radical (unpaired) electrons. The first-order valence-corrected chi connectivity index (χ1v) is 6.63. The van der Waals surface area contributed by atoms with Crippen LogP contribution in [-0.2, 0) is 10.1 Å². The second-order valence-electron chi connectivity index (χ2n) is 3.01. The lowest BCUT2D eigenvalue weighted by molar-refractivity contribution is 0.0513. The summed E-state index contributed by atoms with van der Waals surface area (Å²) in [7, 11) is 0. The number of pyridine rings is 1. The molecule has 0 saturated carbocycles. The molecule has 1 aromatic heterocycles. The summed E-state index contributed by atoms with van der Waals surface area (Å²) in [5, 5.41) is 0.195. The van der Waals surface area contributed by atoms with Gasteiger partial charge in [-0.25, -0.2) is 18.6 Å². The van der Waals surface area contributed by atoms with Crippen molar-refractivity contribution in [2.45, 2.75) is 18.7 Å². The van der Waals surface area contributed by atoms with Crippen LogP contribution in [0.15, 0.2) is 10.7 Å². The van der Waals surface area contributed by atoms with Crippen LogP contribution in [0.4, 0.5) is 8.78 Å². The van der Waals surface area contributed by atoms with E-state index < -0.39 is 12.4 Å². The van der Waals surface area contributed by atoms with Crippen molar-refractivity contribution >= 4 is 37.8 Å².